The Bertz CT molecular complexity index is 2510. The van der Waals surface area contributed by atoms with E-state index in [4.69, 9.17) is 9.47 Å². The van der Waals surface area contributed by atoms with Crippen LogP contribution in [0.1, 0.15) is 63.8 Å². The maximum Gasteiger partial charge on any atom is 0.260 e. The zero-order valence-electron chi connectivity index (χ0n) is 33.5. The van der Waals surface area contributed by atoms with Crippen LogP contribution in [0, 0.1) is 31.8 Å². The van der Waals surface area contributed by atoms with Gasteiger partial charge in [-0.1, -0.05) is 89.6 Å². The van der Waals surface area contributed by atoms with Gasteiger partial charge in [-0.3, -0.25) is 4.39 Å². The standard InChI is InChI=1S/C37H33BNO2.C13H11FN.Ir/c1-36(2,3)26-13-15-31-28(21-26)38-29-22-27(37(4,5)6)14-16-32(29)41-34-20-25(19-33(40-31)35(34)38)23-10-9-11-24(18-23)30-12-7-8-17-39-30;1-9-7-13(15-8-10(9)2)11-3-5-12(14)6-4-11;/h7-10,12-22H,1-6H3;3,5-8H,1-2H3;/q2*-1;. The number of rotatable bonds is 3. The monoisotopic (exact) mass is 927 g/mol. The maximum absolute atomic E-state index is 12.7. The van der Waals surface area contributed by atoms with Gasteiger partial charge in [-0.05, 0) is 99.6 Å². The fourth-order valence-corrected chi connectivity index (χ4v) is 7.26. The molecule has 7 heteroatoms. The zero-order chi connectivity index (χ0) is 39.4. The zero-order valence-corrected chi connectivity index (χ0v) is 35.9. The summed E-state index contributed by atoms with van der Waals surface area (Å²) in [7, 11) is 0. The molecule has 0 bridgehead atoms. The van der Waals surface area contributed by atoms with Crippen LogP contribution in [0.4, 0.5) is 4.39 Å². The smallest absolute Gasteiger partial charge is 0.260 e. The fourth-order valence-electron chi connectivity index (χ4n) is 7.26. The van der Waals surface area contributed by atoms with Crippen molar-refractivity contribution < 1.29 is 34.0 Å². The number of fused-ring (bicyclic) bond motifs is 4. The van der Waals surface area contributed by atoms with Gasteiger partial charge >= 0.3 is 0 Å². The molecule has 2 aromatic heterocycles. The third kappa shape index (κ3) is 8.10. The summed E-state index contributed by atoms with van der Waals surface area (Å²) >= 11 is 0. The van der Waals surface area contributed by atoms with Crippen LogP contribution in [0.3, 0.4) is 0 Å². The van der Waals surface area contributed by atoms with Gasteiger partial charge in [0.1, 0.15) is 23.0 Å². The molecule has 0 N–H and O–H groups in total. The van der Waals surface area contributed by atoms with Crippen molar-refractivity contribution in [2.24, 2.45) is 0 Å². The number of benzene rings is 5. The Kier molecular flexibility index (Phi) is 10.9. The molecule has 0 fully saturated rings. The quantitative estimate of drug-likeness (QED) is 0.131. The Morgan fingerprint density at radius 3 is 1.79 bits per heavy atom. The van der Waals surface area contributed by atoms with E-state index in [2.05, 4.69) is 124 Å². The molecule has 2 aliphatic rings. The van der Waals surface area contributed by atoms with Gasteiger partial charge in [0, 0.05) is 43.8 Å². The average molecular weight is 927 g/mol. The van der Waals surface area contributed by atoms with E-state index in [0.29, 0.717) is 0 Å². The molecular weight excluding hydrogens is 883 g/mol. The molecule has 0 unspecified atom stereocenters. The predicted octanol–water partition coefficient (Wildman–Crippen LogP) is 10.8. The molecule has 57 heavy (non-hydrogen) atoms. The topological polar surface area (TPSA) is 44.2 Å². The summed E-state index contributed by atoms with van der Waals surface area (Å²) in [4.78, 5) is 8.81. The minimum absolute atomic E-state index is 0. The summed E-state index contributed by atoms with van der Waals surface area (Å²) in [6.45, 7) is 17.6. The molecule has 0 aliphatic carbocycles. The number of aromatic nitrogens is 2. The molecule has 0 saturated heterocycles. The molecule has 2 aliphatic heterocycles. The molecule has 7 aromatic rings. The van der Waals surface area contributed by atoms with Crippen LogP contribution in [0.15, 0.2) is 122 Å². The number of hydrogen-bond donors (Lipinski definition) is 0. The van der Waals surface area contributed by atoms with Gasteiger partial charge in [-0.15, -0.1) is 65.2 Å². The predicted molar refractivity (Wildman–Crippen MR) is 227 cm³/mol. The van der Waals surface area contributed by atoms with Crippen molar-refractivity contribution in [1.29, 1.82) is 0 Å². The van der Waals surface area contributed by atoms with Crippen molar-refractivity contribution in [3.8, 4) is 56.6 Å². The second-order valence-electron chi connectivity index (χ2n) is 16.8. The normalized spacial score (nSPS) is 12.4. The van der Waals surface area contributed by atoms with E-state index >= 15 is 0 Å². The molecule has 0 spiro atoms. The van der Waals surface area contributed by atoms with Crippen molar-refractivity contribution >= 4 is 23.1 Å². The Morgan fingerprint density at radius 2 is 1.25 bits per heavy atom. The molecule has 0 amide bonds. The van der Waals surface area contributed by atoms with Gasteiger partial charge in [-0.2, -0.15) is 0 Å². The van der Waals surface area contributed by atoms with Crippen molar-refractivity contribution in [2.45, 2.75) is 66.2 Å². The molecule has 4 nitrogen and oxygen atoms in total. The number of nitrogens with zero attached hydrogens (tertiary/aromatic N) is 2. The average Bonchev–Trinajstić information content (AvgIpc) is 3.18. The summed E-state index contributed by atoms with van der Waals surface area (Å²) in [5.41, 5.74) is 14.1. The van der Waals surface area contributed by atoms with E-state index in [1.54, 1.807) is 6.07 Å². The third-order valence-corrected chi connectivity index (χ3v) is 10.7. The first-order valence-corrected chi connectivity index (χ1v) is 19.1. The molecular formula is C50H44BFIrN2O2-2. The van der Waals surface area contributed by atoms with Crippen LogP contribution in [-0.2, 0) is 30.9 Å². The van der Waals surface area contributed by atoms with Crippen molar-refractivity contribution in [2.75, 3.05) is 0 Å². The van der Waals surface area contributed by atoms with E-state index in [0.717, 1.165) is 67.7 Å². The van der Waals surface area contributed by atoms with Crippen LogP contribution >= 0.6 is 0 Å². The largest absolute Gasteiger partial charge is 0.458 e. The number of hydrogen-bond acceptors (Lipinski definition) is 4. The van der Waals surface area contributed by atoms with Crippen molar-refractivity contribution in [1.82, 2.24) is 9.97 Å². The molecule has 287 valence electrons. The molecule has 0 saturated carbocycles. The van der Waals surface area contributed by atoms with E-state index < -0.39 is 0 Å². The third-order valence-electron chi connectivity index (χ3n) is 10.7. The summed E-state index contributed by atoms with van der Waals surface area (Å²) in [6.07, 6.45) is 3.63. The minimum Gasteiger partial charge on any atom is -0.458 e. The van der Waals surface area contributed by atoms with E-state index in [9.17, 15) is 4.39 Å². The van der Waals surface area contributed by atoms with E-state index in [1.807, 2.05) is 56.6 Å². The first kappa shape index (κ1) is 39.9. The Hall–Kier alpha value is -5.36. The Labute approximate surface area is 350 Å². The number of halogens is 1. The van der Waals surface area contributed by atoms with Crippen LogP contribution < -0.4 is 25.9 Å². The van der Waals surface area contributed by atoms with Gasteiger partial charge in [-0.25, -0.2) is 0 Å². The van der Waals surface area contributed by atoms with E-state index in [1.165, 1.54) is 39.7 Å². The molecule has 4 heterocycles. The fraction of sp³-hybridized carbons (Fsp3) is 0.200. The van der Waals surface area contributed by atoms with Gasteiger partial charge in [0.2, 0.25) is 0 Å². The summed E-state index contributed by atoms with van der Waals surface area (Å²) in [6, 6.07) is 42.4. The van der Waals surface area contributed by atoms with Crippen molar-refractivity contribution in [3.63, 3.8) is 0 Å². The van der Waals surface area contributed by atoms with Gasteiger partial charge < -0.3 is 19.4 Å². The first-order valence-electron chi connectivity index (χ1n) is 19.1. The second kappa shape index (κ2) is 15.5. The molecule has 0 atom stereocenters. The second-order valence-corrected chi connectivity index (χ2v) is 16.8. The maximum atomic E-state index is 12.7. The van der Waals surface area contributed by atoms with Crippen LogP contribution in [0.2, 0.25) is 0 Å². The summed E-state index contributed by atoms with van der Waals surface area (Å²) in [5.74, 6) is 3.23. The van der Waals surface area contributed by atoms with Crippen LogP contribution in [-0.4, -0.2) is 16.7 Å². The minimum atomic E-state index is -0.275. The number of pyridine rings is 2. The molecule has 9 rings (SSSR count). The van der Waals surface area contributed by atoms with E-state index in [-0.39, 0.29) is 43.5 Å². The number of aryl methyl sites for hydroxylation is 2. The molecule has 1 radical (unpaired) electrons. The van der Waals surface area contributed by atoms with Gasteiger partial charge in [0.15, 0.2) is 0 Å². The summed E-state index contributed by atoms with van der Waals surface area (Å²) < 4.78 is 26.1. The van der Waals surface area contributed by atoms with Crippen LogP contribution in [0.25, 0.3) is 33.6 Å². The van der Waals surface area contributed by atoms with Crippen molar-refractivity contribution in [3.05, 3.63) is 162 Å². The SMILES string of the molecule is CC(C)(C)c1ccc2c(c1)B1c3cc(C(C)(C)C)ccc3Oc3cc(-c4cc[c-]c(-c5ccccn5)c4)cc(c31)O2.Cc1cnc(-c2[c-]cc(F)cc2)cc1C.[Ir]. The number of ether oxygens (including phenoxy) is 2. The molecule has 5 aromatic carbocycles. The summed E-state index contributed by atoms with van der Waals surface area (Å²) in [5, 5.41) is 0. The van der Waals surface area contributed by atoms with Gasteiger partial charge in [0.25, 0.3) is 6.71 Å². The van der Waals surface area contributed by atoms with Crippen LogP contribution in [0.5, 0.6) is 23.0 Å². The Balaban J connectivity index is 0.000000261. The van der Waals surface area contributed by atoms with Gasteiger partial charge in [0.05, 0.1) is 0 Å². The Morgan fingerprint density at radius 1 is 0.596 bits per heavy atom. The first-order chi connectivity index (χ1) is 26.7.